The Bertz CT molecular complexity index is 508. The van der Waals surface area contributed by atoms with Crippen LogP contribution in [0, 0.1) is 5.92 Å². The highest BCUT2D eigenvalue weighted by atomic mass is 35.5. The number of amides is 1. The Labute approximate surface area is 126 Å². The molecule has 0 spiro atoms. The van der Waals surface area contributed by atoms with Crippen molar-refractivity contribution < 1.29 is 14.7 Å². The van der Waals surface area contributed by atoms with Gasteiger partial charge in [-0.2, -0.15) is 0 Å². The molecule has 1 fully saturated rings. The second-order valence-corrected chi connectivity index (χ2v) is 5.64. The van der Waals surface area contributed by atoms with Crippen molar-refractivity contribution in [2.75, 3.05) is 0 Å². The molecule has 0 radical (unpaired) electrons. The van der Waals surface area contributed by atoms with E-state index >= 15 is 0 Å². The molecule has 0 aliphatic heterocycles. The molecule has 0 atom stereocenters. The van der Waals surface area contributed by atoms with Crippen molar-refractivity contribution >= 4 is 35.1 Å². The number of aromatic nitrogens is 1. The van der Waals surface area contributed by atoms with Crippen LogP contribution < -0.4 is 5.32 Å². The second kappa shape index (κ2) is 6.41. The number of pyridine rings is 1. The van der Waals surface area contributed by atoms with E-state index in [-0.39, 0.29) is 28.2 Å². The predicted molar refractivity (Wildman–Crippen MR) is 75.1 cm³/mol. The van der Waals surface area contributed by atoms with Crippen LogP contribution >= 0.6 is 23.2 Å². The smallest absolute Gasteiger partial charge is 0.306 e. The maximum absolute atomic E-state index is 12.1. The fraction of sp³-hybridized carbons (Fsp3) is 0.462. The van der Waals surface area contributed by atoms with Gasteiger partial charge in [-0.25, -0.2) is 4.98 Å². The lowest BCUT2D eigenvalue weighted by Gasteiger charge is -2.26. The van der Waals surface area contributed by atoms with Crippen LogP contribution in [-0.2, 0) is 4.79 Å². The molecule has 2 rings (SSSR count). The van der Waals surface area contributed by atoms with E-state index in [1.807, 2.05) is 0 Å². The van der Waals surface area contributed by atoms with E-state index in [0.717, 1.165) is 0 Å². The first kappa shape index (κ1) is 15.1. The summed E-state index contributed by atoms with van der Waals surface area (Å²) in [6, 6.07) is 2.89. The molecule has 1 aromatic rings. The monoisotopic (exact) mass is 316 g/mol. The number of carbonyl (C=O) groups is 2. The molecule has 0 aromatic carbocycles. The number of carboxylic acid groups (broad SMARTS) is 1. The third-order valence-electron chi connectivity index (χ3n) is 3.44. The second-order valence-electron chi connectivity index (χ2n) is 4.86. The summed E-state index contributed by atoms with van der Waals surface area (Å²) in [5, 5.41) is 12.1. The number of hydrogen-bond donors (Lipinski definition) is 2. The highest BCUT2D eigenvalue weighted by molar-refractivity contribution is 6.33. The van der Waals surface area contributed by atoms with E-state index in [9.17, 15) is 9.59 Å². The van der Waals surface area contributed by atoms with Crippen molar-refractivity contribution in [3.8, 4) is 0 Å². The number of nitrogens with one attached hydrogen (secondary N) is 1. The Morgan fingerprint density at radius 3 is 2.20 bits per heavy atom. The van der Waals surface area contributed by atoms with Gasteiger partial charge >= 0.3 is 5.97 Å². The highest BCUT2D eigenvalue weighted by Crippen LogP contribution is 2.25. The molecule has 0 unspecified atom stereocenters. The van der Waals surface area contributed by atoms with Gasteiger partial charge in [-0.3, -0.25) is 9.59 Å². The van der Waals surface area contributed by atoms with Gasteiger partial charge in [0.15, 0.2) is 0 Å². The first-order valence-electron chi connectivity index (χ1n) is 6.32. The summed E-state index contributed by atoms with van der Waals surface area (Å²) in [6.45, 7) is 0. The maximum atomic E-state index is 12.1. The first-order chi connectivity index (χ1) is 9.45. The summed E-state index contributed by atoms with van der Waals surface area (Å²) in [5.74, 6) is -1.33. The quantitative estimate of drug-likeness (QED) is 0.840. The molecule has 5 nitrogen and oxygen atoms in total. The highest BCUT2D eigenvalue weighted by Gasteiger charge is 2.26. The summed E-state index contributed by atoms with van der Waals surface area (Å²) >= 11 is 11.5. The van der Waals surface area contributed by atoms with Gasteiger partial charge in [0.25, 0.3) is 5.91 Å². The zero-order valence-electron chi connectivity index (χ0n) is 10.6. The molecule has 1 amide bonds. The average molecular weight is 317 g/mol. The van der Waals surface area contributed by atoms with Gasteiger partial charge in [0.05, 0.1) is 5.92 Å². The number of halogens is 2. The third-order valence-corrected chi connectivity index (χ3v) is 3.82. The van der Waals surface area contributed by atoms with Gasteiger partial charge in [0, 0.05) is 11.6 Å². The minimum absolute atomic E-state index is 0.0104. The number of aliphatic carboxylic acids is 1. The standard InChI is InChI=1S/C13H14Cl2N2O3/c14-10-5-8(6-11(15)17-10)12(18)16-9-3-1-7(2-4-9)13(19)20/h5-7,9H,1-4H2,(H,16,18)(H,19,20). The van der Waals surface area contributed by atoms with Crippen LogP contribution in [0.15, 0.2) is 12.1 Å². The molecule has 20 heavy (non-hydrogen) atoms. The Hall–Kier alpha value is -1.33. The van der Waals surface area contributed by atoms with Crippen molar-refractivity contribution in [1.29, 1.82) is 0 Å². The topological polar surface area (TPSA) is 79.3 Å². The molecule has 7 heteroatoms. The van der Waals surface area contributed by atoms with Gasteiger partial charge in [0.1, 0.15) is 10.3 Å². The van der Waals surface area contributed by atoms with Crippen molar-refractivity contribution in [3.63, 3.8) is 0 Å². The predicted octanol–water partition coefficient (Wildman–Crippen LogP) is 2.76. The van der Waals surface area contributed by atoms with E-state index in [0.29, 0.717) is 31.2 Å². The lowest BCUT2D eigenvalue weighted by Crippen LogP contribution is -2.38. The Balaban J connectivity index is 1.94. The lowest BCUT2D eigenvalue weighted by molar-refractivity contribution is -0.142. The van der Waals surface area contributed by atoms with Crippen molar-refractivity contribution in [2.45, 2.75) is 31.7 Å². The Kier molecular flexibility index (Phi) is 4.83. The minimum atomic E-state index is -0.762. The van der Waals surface area contributed by atoms with Crippen LogP contribution in [0.3, 0.4) is 0 Å². The fourth-order valence-corrected chi connectivity index (χ4v) is 2.81. The molecule has 1 heterocycles. The van der Waals surface area contributed by atoms with E-state index in [4.69, 9.17) is 28.3 Å². The van der Waals surface area contributed by atoms with Gasteiger partial charge in [-0.15, -0.1) is 0 Å². The van der Waals surface area contributed by atoms with Gasteiger partial charge in [-0.05, 0) is 37.8 Å². The number of carboxylic acids is 1. The molecule has 1 aromatic heterocycles. The number of nitrogens with zero attached hydrogens (tertiary/aromatic N) is 1. The molecular weight excluding hydrogens is 303 g/mol. The normalized spacial score (nSPS) is 22.3. The summed E-state index contributed by atoms with van der Waals surface area (Å²) in [5.41, 5.74) is 0.357. The summed E-state index contributed by atoms with van der Waals surface area (Å²) in [6.07, 6.45) is 2.49. The molecule has 0 bridgehead atoms. The van der Waals surface area contributed by atoms with Crippen molar-refractivity contribution in [2.24, 2.45) is 5.92 Å². The third kappa shape index (κ3) is 3.84. The van der Waals surface area contributed by atoms with Crippen molar-refractivity contribution in [3.05, 3.63) is 28.0 Å². The fourth-order valence-electron chi connectivity index (χ4n) is 2.35. The largest absolute Gasteiger partial charge is 0.481 e. The Morgan fingerprint density at radius 1 is 1.15 bits per heavy atom. The molecule has 2 N–H and O–H groups in total. The number of hydrogen-bond acceptors (Lipinski definition) is 3. The van der Waals surface area contributed by atoms with E-state index in [1.54, 1.807) is 0 Å². The molecule has 1 aliphatic carbocycles. The summed E-state index contributed by atoms with van der Waals surface area (Å²) in [7, 11) is 0. The Morgan fingerprint density at radius 2 is 1.70 bits per heavy atom. The number of rotatable bonds is 3. The van der Waals surface area contributed by atoms with Gasteiger partial charge in [0.2, 0.25) is 0 Å². The van der Waals surface area contributed by atoms with Gasteiger partial charge in [-0.1, -0.05) is 23.2 Å². The number of carbonyl (C=O) groups excluding carboxylic acids is 1. The van der Waals surface area contributed by atoms with Crippen molar-refractivity contribution in [1.82, 2.24) is 10.3 Å². The molecule has 1 saturated carbocycles. The summed E-state index contributed by atoms with van der Waals surface area (Å²) in [4.78, 5) is 26.7. The first-order valence-corrected chi connectivity index (χ1v) is 7.08. The average Bonchev–Trinajstić information content (AvgIpc) is 2.38. The van der Waals surface area contributed by atoms with E-state index < -0.39 is 5.97 Å². The SMILES string of the molecule is O=C(NC1CCC(C(=O)O)CC1)c1cc(Cl)nc(Cl)c1. The molecular formula is C13H14Cl2N2O3. The van der Waals surface area contributed by atoms with Gasteiger partial charge < -0.3 is 10.4 Å². The maximum Gasteiger partial charge on any atom is 0.306 e. The van der Waals surface area contributed by atoms with Crippen LogP contribution in [-0.4, -0.2) is 28.0 Å². The molecule has 108 valence electrons. The summed E-state index contributed by atoms with van der Waals surface area (Å²) < 4.78 is 0. The lowest BCUT2D eigenvalue weighted by atomic mass is 9.86. The molecule has 1 aliphatic rings. The van der Waals surface area contributed by atoms with Crippen LogP contribution in [0.1, 0.15) is 36.0 Å². The van der Waals surface area contributed by atoms with Crippen LogP contribution in [0.25, 0.3) is 0 Å². The van der Waals surface area contributed by atoms with E-state index in [1.165, 1.54) is 12.1 Å². The van der Waals surface area contributed by atoms with Crippen LogP contribution in [0.2, 0.25) is 10.3 Å². The van der Waals surface area contributed by atoms with Crippen LogP contribution in [0.5, 0.6) is 0 Å². The minimum Gasteiger partial charge on any atom is -0.481 e. The van der Waals surface area contributed by atoms with E-state index in [2.05, 4.69) is 10.3 Å². The zero-order chi connectivity index (χ0) is 14.7. The zero-order valence-corrected chi connectivity index (χ0v) is 12.1. The van der Waals surface area contributed by atoms with Crippen LogP contribution in [0.4, 0.5) is 0 Å². The molecule has 0 saturated heterocycles.